The molecule has 134 valence electrons. The maximum absolute atomic E-state index is 12.6. The highest BCUT2D eigenvalue weighted by molar-refractivity contribution is 5.94. The number of aromatic nitrogens is 4. The summed E-state index contributed by atoms with van der Waals surface area (Å²) in [5.41, 5.74) is 4.60. The lowest BCUT2D eigenvalue weighted by Gasteiger charge is -2.25. The molecular weight excluding hydrogens is 320 g/mol. The predicted molar refractivity (Wildman–Crippen MR) is 91.0 cm³/mol. The summed E-state index contributed by atoms with van der Waals surface area (Å²) in [5, 5.41) is 14.6. The van der Waals surface area contributed by atoms with Crippen molar-refractivity contribution in [2.24, 2.45) is 0 Å². The number of H-pyrrole nitrogens is 1. The molecule has 0 aliphatic carbocycles. The molecule has 0 saturated heterocycles. The summed E-state index contributed by atoms with van der Waals surface area (Å²) in [6.07, 6.45) is 2.58. The maximum Gasteiger partial charge on any atom is 0.272 e. The average Bonchev–Trinajstić information content (AvgIpc) is 3.16. The van der Waals surface area contributed by atoms with E-state index in [-0.39, 0.29) is 18.1 Å². The van der Waals surface area contributed by atoms with Crippen molar-refractivity contribution in [2.75, 3.05) is 13.6 Å². The van der Waals surface area contributed by atoms with Crippen molar-refractivity contribution in [1.82, 2.24) is 30.2 Å². The molecule has 25 heavy (non-hydrogen) atoms. The summed E-state index contributed by atoms with van der Waals surface area (Å²) >= 11 is 0. The lowest BCUT2D eigenvalue weighted by molar-refractivity contribution is -0.00697. The number of hydrogen-bond donors (Lipinski definition) is 2. The molecule has 0 fully saturated rings. The summed E-state index contributed by atoms with van der Waals surface area (Å²) in [4.78, 5) is 14.9. The number of nitrogens with zero attached hydrogens (tertiary/aromatic N) is 4. The first kappa shape index (κ1) is 16.3. The summed E-state index contributed by atoms with van der Waals surface area (Å²) in [5.74, 6) is -0.150. The van der Waals surface area contributed by atoms with E-state index in [1.54, 1.807) is 0 Å². The molecule has 8 heteroatoms. The van der Waals surface area contributed by atoms with Gasteiger partial charge in [0, 0.05) is 37.2 Å². The molecular formula is C17H24N6O2. The lowest BCUT2D eigenvalue weighted by Crippen LogP contribution is -2.32. The Morgan fingerprint density at radius 2 is 2.28 bits per heavy atom. The molecule has 0 aromatic carbocycles. The largest absolute Gasteiger partial charge is 0.369 e. The molecule has 0 saturated carbocycles. The number of hydrogen-bond acceptors (Lipinski definition) is 5. The van der Waals surface area contributed by atoms with Gasteiger partial charge >= 0.3 is 0 Å². The van der Waals surface area contributed by atoms with Crippen molar-refractivity contribution in [2.45, 2.75) is 52.1 Å². The monoisotopic (exact) mass is 344 g/mol. The molecule has 2 aromatic heterocycles. The van der Waals surface area contributed by atoms with Crippen LogP contribution < -0.4 is 5.32 Å². The number of ether oxygens (including phenoxy) is 1. The Kier molecular flexibility index (Phi) is 4.09. The molecule has 8 nitrogen and oxygen atoms in total. The van der Waals surface area contributed by atoms with E-state index in [4.69, 9.17) is 4.74 Å². The molecule has 0 radical (unpaired) electrons. The fourth-order valence-electron chi connectivity index (χ4n) is 3.69. The van der Waals surface area contributed by atoms with E-state index in [0.29, 0.717) is 18.7 Å². The minimum Gasteiger partial charge on any atom is -0.369 e. The Morgan fingerprint density at radius 3 is 3.12 bits per heavy atom. The van der Waals surface area contributed by atoms with Crippen LogP contribution in [0.2, 0.25) is 0 Å². The predicted octanol–water partition coefficient (Wildman–Crippen LogP) is 1.00. The molecule has 2 aliphatic heterocycles. The number of carbonyl (C=O) groups excluding carboxylic acids is 1. The first-order valence-corrected chi connectivity index (χ1v) is 8.75. The van der Waals surface area contributed by atoms with Gasteiger partial charge in [-0.2, -0.15) is 10.2 Å². The standard InChI is InChI=1S/C17H24N6O2/c1-10-6-13-15(11(2)25-10)20-21-16(13)17(24)18-7-12-8-19-23-5-4-22(3)9-14(12)23/h8,10-11H,4-7,9H2,1-3H3,(H,18,24)(H,20,21)/t10-,11+/m1/s1. The second-order valence-corrected chi connectivity index (χ2v) is 7.02. The Morgan fingerprint density at radius 1 is 1.44 bits per heavy atom. The Bertz CT molecular complexity index is 795. The van der Waals surface area contributed by atoms with Crippen molar-refractivity contribution < 1.29 is 9.53 Å². The van der Waals surface area contributed by atoms with Gasteiger partial charge in [0.25, 0.3) is 5.91 Å². The van der Waals surface area contributed by atoms with Crippen LogP contribution in [0.25, 0.3) is 0 Å². The van der Waals surface area contributed by atoms with Crippen LogP contribution in [-0.4, -0.2) is 50.5 Å². The van der Waals surface area contributed by atoms with E-state index < -0.39 is 0 Å². The van der Waals surface area contributed by atoms with Crippen molar-refractivity contribution >= 4 is 5.91 Å². The number of aromatic amines is 1. The Balaban J connectivity index is 1.48. The van der Waals surface area contributed by atoms with Gasteiger partial charge in [0.2, 0.25) is 0 Å². The van der Waals surface area contributed by atoms with Gasteiger partial charge in [-0.3, -0.25) is 19.5 Å². The quantitative estimate of drug-likeness (QED) is 0.867. The number of fused-ring (bicyclic) bond motifs is 2. The Labute approximate surface area is 146 Å². The van der Waals surface area contributed by atoms with Gasteiger partial charge in [0.15, 0.2) is 5.69 Å². The molecule has 2 aliphatic rings. The molecule has 4 heterocycles. The molecule has 2 aromatic rings. The van der Waals surface area contributed by atoms with Crippen LogP contribution >= 0.6 is 0 Å². The molecule has 0 spiro atoms. The zero-order valence-corrected chi connectivity index (χ0v) is 14.9. The van der Waals surface area contributed by atoms with E-state index >= 15 is 0 Å². The normalized spacial score (nSPS) is 23.2. The van der Waals surface area contributed by atoms with Crippen LogP contribution in [0.1, 0.15) is 53.0 Å². The van der Waals surface area contributed by atoms with E-state index in [0.717, 1.165) is 36.5 Å². The molecule has 2 N–H and O–H groups in total. The fourth-order valence-corrected chi connectivity index (χ4v) is 3.69. The molecule has 1 amide bonds. The maximum atomic E-state index is 12.6. The van der Waals surface area contributed by atoms with Crippen LogP contribution in [0.3, 0.4) is 0 Å². The minimum atomic E-state index is -0.150. The third kappa shape index (κ3) is 2.96. The van der Waals surface area contributed by atoms with Gasteiger partial charge in [-0.15, -0.1) is 0 Å². The van der Waals surface area contributed by atoms with Gasteiger partial charge in [0.1, 0.15) is 0 Å². The molecule has 2 atom stereocenters. The second-order valence-electron chi connectivity index (χ2n) is 7.02. The smallest absolute Gasteiger partial charge is 0.272 e. The summed E-state index contributed by atoms with van der Waals surface area (Å²) in [6.45, 7) is 7.20. The fraction of sp³-hybridized carbons (Fsp3) is 0.588. The van der Waals surface area contributed by atoms with Crippen LogP contribution in [0, 0.1) is 0 Å². The zero-order valence-electron chi connectivity index (χ0n) is 14.9. The Hall–Kier alpha value is -2.19. The topological polar surface area (TPSA) is 88.1 Å². The highest BCUT2D eigenvalue weighted by atomic mass is 16.5. The summed E-state index contributed by atoms with van der Waals surface area (Å²) < 4.78 is 7.80. The van der Waals surface area contributed by atoms with Crippen molar-refractivity contribution in [3.63, 3.8) is 0 Å². The van der Waals surface area contributed by atoms with Crippen LogP contribution in [-0.2, 0) is 30.8 Å². The van der Waals surface area contributed by atoms with Gasteiger partial charge in [-0.1, -0.05) is 0 Å². The first-order chi connectivity index (χ1) is 12.0. The molecule has 0 bridgehead atoms. The van der Waals surface area contributed by atoms with E-state index in [1.807, 2.05) is 24.7 Å². The highest BCUT2D eigenvalue weighted by Gasteiger charge is 2.29. The lowest BCUT2D eigenvalue weighted by atomic mass is 9.99. The van der Waals surface area contributed by atoms with E-state index in [9.17, 15) is 4.79 Å². The van der Waals surface area contributed by atoms with Crippen molar-refractivity contribution in [3.8, 4) is 0 Å². The summed E-state index contributed by atoms with van der Waals surface area (Å²) in [6, 6.07) is 0. The van der Waals surface area contributed by atoms with Crippen LogP contribution in [0.5, 0.6) is 0 Å². The first-order valence-electron chi connectivity index (χ1n) is 8.75. The third-order valence-corrected chi connectivity index (χ3v) is 5.04. The van der Waals surface area contributed by atoms with Gasteiger partial charge < -0.3 is 10.1 Å². The molecule has 4 rings (SSSR count). The van der Waals surface area contributed by atoms with Gasteiger partial charge in [-0.25, -0.2) is 0 Å². The number of rotatable bonds is 3. The van der Waals surface area contributed by atoms with E-state index in [2.05, 4.69) is 32.6 Å². The highest BCUT2D eigenvalue weighted by Crippen LogP contribution is 2.30. The third-order valence-electron chi connectivity index (χ3n) is 5.04. The zero-order chi connectivity index (χ0) is 17.6. The van der Waals surface area contributed by atoms with Gasteiger partial charge in [0.05, 0.1) is 36.3 Å². The van der Waals surface area contributed by atoms with Gasteiger partial charge in [-0.05, 0) is 20.9 Å². The summed E-state index contributed by atoms with van der Waals surface area (Å²) in [7, 11) is 2.10. The molecule has 0 unspecified atom stereocenters. The minimum absolute atomic E-state index is 0.0639. The van der Waals surface area contributed by atoms with Crippen LogP contribution in [0.4, 0.5) is 0 Å². The number of nitrogens with one attached hydrogen (secondary N) is 2. The number of amides is 1. The van der Waals surface area contributed by atoms with Crippen LogP contribution in [0.15, 0.2) is 6.20 Å². The van der Waals surface area contributed by atoms with Crippen molar-refractivity contribution in [3.05, 3.63) is 34.4 Å². The second kappa shape index (κ2) is 6.27. The van der Waals surface area contributed by atoms with Crippen molar-refractivity contribution in [1.29, 1.82) is 0 Å². The average molecular weight is 344 g/mol. The van der Waals surface area contributed by atoms with E-state index in [1.165, 1.54) is 5.69 Å². The number of likely N-dealkylation sites (N-methyl/N-ethyl adjacent to an activating group) is 1. The SMILES string of the molecule is C[C@@H]1Cc2c(C(=O)NCc3cnn4c3CN(C)CC4)n[nH]c2[C@H](C)O1. The number of carbonyl (C=O) groups is 1.